The smallest absolute Gasteiger partial charge is 0.113 e. The summed E-state index contributed by atoms with van der Waals surface area (Å²) in [4.78, 5) is 2.28. The number of nitrogens with zero attached hydrogens (tertiary/aromatic N) is 1. The summed E-state index contributed by atoms with van der Waals surface area (Å²) >= 11 is 2.37. The van der Waals surface area contributed by atoms with Crippen LogP contribution in [-0.2, 0) is 0 Å². The SMILES string of the molecule is CN1CCNC1I. The Kier molecular flexibility index (Phi) is 1.88. The van der Waals surface area contributed by atoms with Crippen molar-refractivity contribution in [2.24, 2.45) is 0 Å². The highest BCUT2D eigenvalue weighted by atomic mass is 127. The largest absolute Gasteiger partial charge is 0.292 e. The van der Waals surface area contributed by atoms with Crippen LogP contribution in [-0.4, -0.2) is 29.2 Å². The zero-order valence-corrected chi connectivity index (χ0v) is 6.47. The molecule has 1 fully saturated rings. The maximum absolute atomic E-state index is 3.28. The summed E-state index contributed by atoms with van der Waals surface area (Å²) in [6, 6.07) is 0. The van der Waals surface area contributed by atoms with Gasteiger partial charge in [0.15, 0.2) is 0 Å². The van der Waals surface area contributed by atoms with Crippen molar-refractivity contribution >= 4 is 22.6 Å². The molecule has 0 saturated carbocycles. The van der Waals surface area contributed by atoms with Gasteiger partial charge in [-0.3, -0.25) is 10.2 Å². The molecule has 3 heteroatoms. The summed E-state index contributed by atoms with van der Waals surface area (Å²) in [5.41, 5.74) is 0. The minimum absolute atomic E-state index is 0.567. The third kappa shape index (κ3) is 1.27. The van der Waals surface area contributed by atoms with Crippen molar-refractivity contribution in [2.75, 3.05) is 20.1 Å². The third-order valence-electron chi connectivity index (χ3n) is 1.16. The lowest BCUT2D eigenvalue weighted by molar-refractivity contribution is 0.396. The van der Waals surface area contributed by atoms with E-state index >= 15 is 0 Å². The van der Waals surface area contributed by atoms with Gasteiger partial charge in [-0.25, -0.2) is 0 Å². The van der Waals surface area contributed by atoms with Gasteiger partial charge in [-0.2, -0.15) is 0 Å². The van der Waals surface area contributed by atoms with E-state index in [-0.39, 0.29) is 0 Å². The van der Waals surface area contributed by atoms with Crippen LogP contribution in [0.2, 0.25) is 0 Å². The molecule has 1 heterocycles. The Bertz CT molecular complexity index is 58.7. The van der Waals surface area contributed by atoms with Gasteiger partial charge in [0.2, 0.25) is 0 Å². The zero-order valence-electron chi connectivity index (χ0n) is 4.32. The second kappa shape index (κ2) is 2.28. The number of alkyl halides is 1. The molecular formula is C4H9IN2. The molecule has 7 heavy (non-hydrogen) atoms. The third-order valence-corrected chi connectivity index (χ3v) is 2.56. The van der Waals surface area contributed by atoms with Gasteiger partial charge in [0, 0.05) is 13.1 Å². The molecule has 2 nitrogen and oxygen atoms in total. The van der Waals surface area contributed by atoms with Crippen LogP contribution >= 0.6 is 22.6 Å². The van der Waals surface area contributed by atoms with Crippen LogP contribution in [0.4, 0.5) is 0 Å². The Morgan fingerprint density at radius 2 is 2.57 bits per heavy atom. The Morgan fingerprint density at radius 3 is 2.71 bits per heavy atom. The molecule has 0 bridgehead atoms. The van der Waals surface area contributed by atoms with Gasteiger partial charge in [0.1, 0.15) is 4.17 Å². The molecule has 0 spiro atoms. The van der Waals surface area contributed by atoms with Crippen LogP contribution in [0.25, 0.3) is 0 Å². The molecule has 1 N–H and O–H groups in total. The number of hydrogen-bond donors (Lipinski definition) is 1. The van der Waals surface area contributed by atoms with E-state index in [9.17, 15) is 0 Å². The molecular weight excluding hydrogens is 203 g/mol. The summed E-state index contributed by atoms with van der Waals surface area (Å²) < 4.78 is 0.567. The summed E-state index contributed by atoms with van der Waals surface area (Å²) in [7, 11) is 2.12. The summed E-state index contributed by atoms with van der Waals surface area (Å²) in [5.74, 6) is 0. The molecule has 1 saturated heterocycles. The fraction of sp³-hybridized carbons (Fsp3) is 1.00. The van der Waals surface area contributed by atoms with Gasteiger partial charge in [-0.15, -0.1) is 0 Å². The van der Waals surface area contributed by atoms with Gasteiger partial charge in [0.05, 0.1) is 0 Å². The van der Waals surface area contributed by atoms with Gasteiger partial charge >= 0.3 is 0 Å². The molecule has 0 radical (unpaired) electrons. The lowest BCUT2D eigenvalue weighted by atomic mass is 10.7. The molecule has 1 unspecified atom stereocenters. The van der Waals surface area contributed by atoms with Crippen molar-refractivity contribution < 1.29 is 0 Å². The standard InChI is InChI=1S/C4H9IN2/c1-7-3-2-6-4(7)5/h4,6H,2-3H2,1H3. The zero-order chi connectivity index (χ0) is 5.28. The molecule has 42 valence electrons. The van der Waals surface area contributed by atoms with Gasteiger partial charge in [-0.1, -0.05) is 0 Å². The first-order valence-corrected chi connectivity index (χ1v) is 3.63. The molecule has 1 aliphatic rings. The van der Waals surface area contributed by atoms with E-state index in [1.54, 1.807) is 0 Å². The number of likely N-dealkylation sites (N-methyl/N-ethyl adjacent to an activating group) is 1. The number of hydrogen-bond acceptors (Lipinski definition) is 2. The molecule has 0 aliphatic carbocycles. The van der Waals surface area contributed by atoms with E-state index in [1.165, 1.54) is 6.54 Å². The van der Waals surface area contributed by atoms with Gasteiger partial charge in [0.25, 0.3) is 0 Å². The van der Waals surface area contributed by atoms with E-state index < -0.39 is 0 Å². The van der Waals surface area contributed by atoms with Crippen LogP contribution in [0.1, 0.15) is 0 Å². The molecule has 1 aliphatic heterocycles. The molecule has 0 aromatic rings. The number of nitrogens with one attached hydrogen (secondary N) is 1. The average Bonchev–Trinajstić information content (AvgIpc) is 1.91. The summed E-state index contributed by atoms with van der Waals surface area (Å²) in [6.45, 7) is 2.33. The van der Waals surface area contributed by atoms with E-state index in [4.69, 9.17) is 0 Å². The van der Waals surface area contributed by atoms with E-state index in [2.05, 4.69) is 39.9 Å². The average molecular weight is 212 g/mol. The van der Waals surface area contributed by atoms with Crippen LogP contribution in [0.3, 0.4) is 0 Å². The molecule has 0 aromatic carbocycles. The maximum Gasteiger partial charge on any atom is 0.113 e. The summed E-state index contributed by atoms with van der Waals surface area (Å²) in [5, 5.41) is 3.28. The van der Waals surface area contributed by atoms with Crippen molar-refractivity contribution in [2.45, 2.75) is 4.17 Å². The van der Waals surface area contributed by atoms with Crippen LogP contribution in [0.5, 0.6) is 0 Å². The summed E-state index contributed by atoms with van der Waals surface area (Å²) in [6.07, 6.45) is 0. The van der Waals surface area contributed by atoms with Crippen LogP contribution in [0, 0.1) is 0 Å². The molecule has 1 atom stereocenters. The number of halogens is 1. The Morgan fingerprint density at radius 1 is 1.86 bits per heavy atom. The van der Waals surface area contributed by atoms with Crippen molar-refractivity contribution in [3.63, 3.8) is 0 Å². The fourth-order valence-corrected chi connectivity index (χ4v) is 1.22. The van der Waals surface area contributed by atoms with E-state index in [0.717, 1.165) is 6.54 Å². The predicted octanol–water partition coefficient (Wildman–Crippen LogP) is 0.240. The predicted molar refractivity (Wildman–Crippen MR) is 38.4 cm³/mol. The first-order valence-electron chi connectivity index (χ1n) is 2.38. The monoisotopic (exact) mass is 212 g/mol. The van der Waals surface area contributed by atoms with Gasteiger partial charge < -0.3 is 0 Å². The van der Waals surface area contributed by atoms with Crippen molar-refractivity contribution in [3.8, 4) is 0 Å². The lowest BCUT2D eigenvalue weighted by Gasteiger charge is -2.09. The number of rotatable bonds is 0. The second-order valence-electron chi connectivity index (χ2n) is 1.77. The lowest BCUT2D eigenvalue weighted by Crippen LogP contribution is -2.25. The first-order chi connectivity index (χ1) is 3.30. The molecule has 0 amide bonds. The Labute approximate surface area is 57.4 Å². The van der Waals surface area contributed by atoms with Crippen LogP contribution in [0.15, 0.2) is 0 Å². The minimum Gasteiger partial charge on any atom is -0.292 e. The van der Waals surface area contributed by atoms with Crippen molar-refractivity contribution in [3.05, 3.63) is 0 Å². The van der Waals surface area contributed by atoms with Crippen molar-refractivity contribution in [1.82, 2.24) is 10.2 Å². The fourth-order valence-electron chi connectivity index (χ4n) is 0.629. The Balaban J connectivity index is 2.33. The van der Waals surface area contributed by atoms with E-state index in [0.29, 0.717) is 4.17 Å². The highest BCUT2D eigenvalue weighted by Gasteiger charge is 2.14. The van der Waals surface area contributed by atoms with Crippen molar-refractivity contribution in [1.29, 1.82) is 0 Å². The van der Waals surface area contributed by atoms with Crippen LogP contribution < -0.4 is 5.32 Å². The molecule has 1 rings (SSSR count). The quantitative estimate of drug-likeness (QED) is 0.351. The van der Waals surface area contributed by atoms with E-state index in [1.807, 2.05) is 0 Å². The first kappa shape index (κ1) is 5.78. The highest BCUT2D eigenvalue weighted by Crippen LogP contribution is 2.05. The molecule has 0 aromatic heterocycles. The highest BCUT2D eigenvalue weighted by molar-refractivity contribution is 14.1. The van der Waals surface area contributed by atoms with Gasteiger partial charge in [-0.05, 0) is 29.6 Å². The minimum atomic E-state index is 0.567. The maximum atomic E-state index is 3.28. The second-order valence-corrected chi connectivity index (χ2v) is 2.95. The normalized spacial score (nSPS) is 34.3. The Hall–Kier alpha value is 0.650. The topological polar surface area (TPSA) is 15.3 Å².